The number of nitro groups is 1. The number of nitrogens with zero attached hydrogens (tertiary/aromatic N) is 2. The second kappa shape index (κ2) is 7.01. The third-order valence-corrected chi connectivity index (χ3v) is 2.96. The van der Waals surface area contributed by atoms with E-state index in [2.05, 4.69) is 0 Å². The van der Waals surface area contributed by atoms with Gasteiger partial charge in [0.1, 0.15) is 12.3 Å². The molecular formula is C10H25N2O5S+. The maximum Gasteiger partial charge on any atom is 0.270 e. The molecule has 0 aliphatic heterocycles. The molecule has 0 aliphatic rings. The van der Waals surface area contributed by atoms with Gasteiger partial charge in [0.2, 0.25) is 0 Å². The lowest BCUT2D eigenvalue weighted by Gasteiger charge is -2.32. The highest BCUT2D eigenvalue weighted by atomic mass is 32.2. The maximum absolute atomic E-state index is 10.7. The predicted molar refractivity (Wildman–Crippen MR) is 70.7 cm³/mol. The molecule has 0 saturated carbocycles. The van der Waals surface area contributed by atoms with Gasteiger partial charge in [-0.05, 0) is 0 Å². The SMILES string of the molecule is CC.CC(C)(C[N+](C)(C)CCS(=O)(=O)O)[N+](=O)[O-]. The molecule has 0 amide bonds. The molecule has 18 heavy (non-hydrogen) atoms. The molecular weight excluding hydrogens is 260 g/mol. The van der Waals surface area contributed by atoms with E-state index in [1.807, 2.05) is 13.8 Å². The molecule has 0 atom stereocenters. The zero-order valence-corrected chi connectivity index (χ0v) is 12.8. The van der Waals surface area contributed by atoms with Crippen molar-refractivity contribution in [3.8, 4) is 0 Å². The highest BCUT2D eigenvalue weighted by Gasteiger charge is 2.39. The molecule has 0 bridgehead atoms. The first-order valence-corrected chi connectivity index (χ1v) is 7.38. The topological polar surface area (TPSA) is 97.5 Å². The Morgan fingerprint density at radius 2 is 1.67 bits per heavy atom. The molecule has 0 aliphatic carbocycles. The number of hydrogen-bond donors (Lipinski definition) is 1. The molecule has 7 nitrogen and oxygen atoms in total. The van der Waals surface area contributed by atoms with Gasteiger partial charge in [-0.25, -0.2) is 0 Å². The van der Waals surface area contributed by atoms with Crippen LogP contribution in [-0.2, 0) is 10.1 Å². The Balaban J connectivity index is 0. The number of rotatable bonds is 6. The van der Waals surface area contributed by atoms with E-state index in [4.69, 9.17) is 4.55 Å². The van der Waals surface area contributed by atoms with Crippen LogP contribution >= 0.6 is 0 Å². The molecule has 1 N–H and O–H groups in total. The lowest BCUT2D eigenvalue weighted by Crippen LogP contribution is -2.54. The maximum atomic E-state index is 10.7. The van der Waals surface area contributed by atoms with E-state index >= 15 is 0 Å². The summed E-state index contributed by atoms with van der Waals surface area (Å²) in [5.41, 5.74) is -1.12. The van der Waals surface area contributed by atoms with Gasteiger partial charge in [-0.1, -0.05) is 13.8 Å². The van der Waals surface area contributed by atoms with Gasteiger partial charge in [-0.15, -0.1) is 0 Å². The van der Waals surface area contributed by atoms with Crippen LogP contribution in [0.15, 0.2) is 0 Å². The predicted octanol–water partition coefficient (Wildman–Crippen LogP) is 1.03. The zero-order valence-electron chi connectivity index (χ0n) is 12.0. The van der Waals surface area contributed by atoms with Crippen molar-refractivity contribution in [3.63, 3.8) is 0 Å². The van der Waals surface area contributed by atoms with Crippen LogP contribution in [0, 0.1) is 10.1 Å². The summed E-state index contributed by atoms with van der Waals surface area (Å²) in [5, 5.41) is 10.7. The standard InChI is InChI=1S/C8H18N2O5S.C2H6/c1-8(2,9(11)12)7-10(3,4)5-6-16(13,14)15;1-2/h5-7H2,1-4H3;1-2H3/p+1. The summed E-state index contributed by atoms with van der Waals surface area (Å²) < 4.78 is 30.0. The first kappa shape index (κ1) is 19.6. The van der Waals surface area contributed by atoms with Gasteiger partial charge < -0.3 is 4.48 Å². The van der Waals surface area contributed by atoms with Crippen molar-refractivity contribution in [3.05, 3.63) is 10.1 Å². The Morgan fingerprint density at radius 1 is 1.28 bits per heavy atom. The van der Waals surface area contributed by atoms with E-state index < -0.39 is 21.4 Å². The Labute approximate surface area is 109 Å². The molecule has 0 aromatic carbocycles. The highest BCUT2D eigenvalue weighted by molar-refractivity contribution is 7.85. The molecule has 110 valence electrons. The van der Waals surface area contributed by atoms with E-state index in [0.717, 1.165) is 0 Å². The average Bonchev–Trinajstić information content (AvgIpc) is 2.15. The largest absolute Gasteiger partial charge is 0.322 e. The lowest BCUT2D eigenvalue weighted by molar-refractivity contribution is -0.904. The summed E-state index contributed by atoms with van der Waals surface area (Å²) in [5.74, 6) is -0.395. The van der Waals surface area contributed by atoms with Crippen molar-refractivity contribution in [1.82, 2.24) is 0 Å². The number of quaternary nitrogens is 1. The normalized spacial score (nSPS) is 12.6. The van der Waals surface area contributed by atoms with Crippen LogP contribution in [0.5, 0.6) is 0 Å². The lowest BCUT2D eigenvalue weighted by atomic mass is 10.1. The summed E-state index contributed by atoms with van der Waals surface area (Å²) in [4.78, 5) is 10.3. The van der Waals surface area contributed by atoms with Crippen LogP contribution in [0.25, 0.3) is 0 Å². The summed E-state index contributed by atoms with van der Waals surface area (Å²) in [6, 6.07) is 0. The quantitative estimate of drug-likeness (QED) is 0.340. The van der Waals surface area contributed by atoms with E-state index in [-0.39, 0.29) is 22.5 Å². The fourth-order valence-electron chi connectivity index (χ4n) is 1.55. The van der Waals surface area contributed by atoms with Crippen molar-refractivity contribution < 1.29 is 22.4 Å². The van der Waals surface area contributed by atoms with Gasteiger partial charge in [0, 0.05) is 18.8 Å². The molecule has 0 aromatic heterocycles. The highest BCUT2D eigenvalue weighted by Crippen LogP contribution is 2.13. The molecule has 0 radical (unpaired) electrons. The van der Waals surface area contributed by atoms with Crippen molar-refractivity contribution in [1.29, 1.82) is 0 Å². The third kappa shape index (κ3) is 9.32. The fraction of sp³-hybridized carbons (Fsp3) is 1.00. The Hall–Kier alpha value is -0.730. The van der Waals surface area contributed by atoms with Crippen molar-refractivity contribution in [2.24, 2.45) is 0 Å². The molecule has 0 fully saturated rings. The Morgan fingerprint density at radius 3 is 1.94 bits per heavy atom. The summed E-state index contributed by atoms with van der Waals surface area (Å²) in [6.45, 7) is 7.30. The third-order valence-electron chi connectivity index (χ3n) is 2.26. The van der Waals surface area contributed by atoms with E-state index in [1.165, 1.54) is 13.8 Å². The van der Waals surface area contributed by atoms with Gasteiger partial charge in [0.25, 0.3) is 15.7 Å². The van der Waals surface area contributed by atoms with Crippen LogP contribution < -0.4 is 0 Å². The molecule has 0 unspecified atom stereocenters. The van der Waals surface area contributed by atoms with Gasteiger partial charge in [-0.2, -0.15) is 8.42 Å². The van der Waals surface area contributed by atoms with E-state index in [1.54, 1.807) is 14.1 Å². The summed E-state index contributed by atoms with van der Waals surface area (Å²) >= 11 is 0. The van der Waals surface area contributed by atoms with E-state index in [9.17, 15) is 18.5 Å². The monoisotopic (exact) mass is 285 g/mol. The average molecular weight is 285 g/mol. The Bertz CT molecular complexity index is 362. The smallest absolute Gasteiger partial charge is 0.270 e. The minimum Gasteiger partial charge on any atom is -0.322 e. The minimum absolute atomic E-state index is 0.135. The van der Waals surface area contributed by atoms with Crippen LogP contribution in [0.1, 0.15) is 27.7 Å². The fourth-order valence-corrected chi connectivity index (χ4v) is 2.27. The minimum atomic E-state index is -4.02. The first-order valence-electron chi connectivity index (χ1n) is 5.77. The molecule has 0 rings (SSSR count). The molecule has 0 aromatic rings. The van der Waals surface area contributed by atoms with Crippen LogP contribution in [0.3, 0.4) is 0 Å². The van der Waals surface area contributed by atoms with Crippen molar-refractivity contribution in [2.75, 3.05) is 32.9 Å². The van der Waals surface area contributed by atoms with Crippen molar-refractivity contribution in [2.45, 2.75) is 33.2 Å². The second-order valence-corrected chi connectivity index (χ2v) is 6.75. The van der Waals surface area contributed by atoms with Crippen molar-refractivity contribution >= 4 is 10.1 Å². The molecule has 0 saturated heterocycles. The van der Waals surface area contributed by atoms with Crippen LogP contribution in [-0.4, -0.2) is 60.9 Å². The molecule has 0 heterocycles. The summed E-state index contributed by atoms with van der Waals surface area (Å²) in [6.07, 6.45) is 0. The first-order chi connectivity index (χ1) is 7.86. The molecule has 0 spiro atoms. The Kier molecular flexibility index (Phi) is 7.63. The second-order valence-electron chi connectivity index (χ2n) is 5.17. The number of likely N-dealkylation sites (N-methyl/N-ethyl adjacent to an activating group) is 1. The van der Waals surface area contributed by atoms with E-state index in [0.29, 0.717) is 0 Å². The van der Waals surface area contributed by atoms with Gasteiger partial charge in [-0.3, -0.25) is 14.7 Å². The molecule has 8 heteroatoms. The zero-order chi connectivity index (χ0) is 15.2. The van der Waals surface area contributed by atoms with Crippen LogP contribution in [0.4, 0.5) is 0 Å². The summed E-state index contributed by atoms with van der Waals surface area (Å²) in [7, 11) is -0.637. The van der Waals surface area contributed by atoms with Gasteiger partial charge in [0.15, 0.2) is 0 Å². The van der Waals surface area contributed by atoms with Gasteiger partial charge >= 0.3 is 0 Å². The number of hydrogen-bond acceptors (Lipinski definition) is 4. The van der Waals surface area contributed by atoms with Gasteiger partial charge in [0.05, 0.1) is 20.6 Å². The van der Waals surface area contributed by atoms with Crippen LogP contribution in [0.2, 0.25) is 0 Å².